The number of ether oxygens (including phenoxy) is 3. The molecule has 10 heteroatoms. The fraction of sp³-hybridized carbons (Fsp3) is 0.200. The molecular weight excluding hydrogens is 534 g/mol. The van der Waals surface area contributed by atoms with Crippen molar-refractivity contribution in [2.24, 2.45) is 5.10 Å². The zero-order valence-electron chi connectivity index (χ0n) is 22.1. The van der Waals surface area contributed by atoms with Crippen LogP contribution >= 0.6 is 11.6 Å². The minimum atomic E-state index is -0.898. The van der Waals surface area contributed by atoms with E-state index in [1.807, 2.05) is 43.3 Å². The lowest BCUT2D eigenvalue weighted by Gasteiger charge is -2.18. The van der Waals surface area contributed by atoms with E-state index >= 15 is 0 Å². The Morgan fingerprint density at radius 3 is 2.65 bits per heavy atom. The Kier molecular flexibility index (Phi) is 7.84. The lowest BCUT2D eigenvalue weighted by molar-refractivity contribution is -0.150. The SMILES string of the molecule is CCOC(=O)[C@H](C)Oc1c(Cl)cc(C=Nn2c(-c3cc4ccccc4o3)nc3ccccc3c2=O)cc1OCC. The fourth-order valence-corrected chi connectivity index (χ4v) is 4.39. The molecule has 0 N–H and O–H groups in total. The van der Waals surface area contributed by atoms with Gasteiger partial charge < -0.3 is 18.6 Å². The summed E-state index contributed by atoms with van der Waals surface area (Å²) in [7, 11) is 0. The Morgan fingerprint density at radius 1 is 1.10 bits per heavy atom. The lowest BCUT2D eigenvalue weighted by Crippen LogP contribution is -2.26. The van der Waals surface area contributed by atoms with Gasteiger partial charge in [0.2, 0.25) is 5.82 Å². The van der Waals surface area contributed by atoms with Gasteiger partial charge in [0.05, 0.1) is 35.4 Å². The number of halogens is 1. The minimum Gasteiger partial charge on any atom is -0.490 e. The molecule has 0 bridgehead atoms. The first-order valence-corrected chi connectivity index (χ1v) is 13.1. The predicted octanol–water partition coefficient (Wildman–Crippen LogP) is 6.07. The molecule has 0 unspecified atom stereocenters. The maximum Gasteiger partial charge on any atom is 0.347 e. The summed E-state index contributed by atoms with van der Waals surface area (Å²) in [4.78, 5) is 30.3. The van der Waals surface area contributed by atoms with Crippen molar-refractivity contribution in [3.8, 4) is 23.1 Å². The molecule has 0 radical (unpaired) electrons. The maximum absolute atomic E-state index is 13.5. The molecule has 9 nitrogen and oxygen atoms in total. The van der Waals surface area contributed by atoms with Gasteiger partial charge in [-0.05, 0) is 62.7 Å². The molecule has 5 rings (SSSR count). The third-order valence-corrected chi connectivity index (χ3v) is 6.25. The molecule has 40 heavy (non-hydrogen) atoms. The van der Waals surface area contributed by atoms with Crippen LogP contribution in [0.1, 0.15) is 26.3 Å². The molecule has 0 saturated carbocycles. The van der Waals surface area contributed by atoms with Gasteiger partial charge in [0.1, 0.15) is 5.58 Å². The van der Waals surface area contributed by atoms with Crippen molar-refractivity contribution in [1.29, 1.82) is 0 Å². The van der Waals surface area contributed by atoms with Crippen molar-refractivity contribution in [1.82, 2.24) is 9.66 Å². The van der Waals surface area contributed by atoms with E-state index in [0.717, 1.165) is 5.39 Å². The Morgan fingerprint density at radius 2 is 1.88 bits per heavy atom. The van der Waals surface area contributed by atoms with Crippen LogP contribution in [0.5, 0.6) is 11.5 Å². The van der Waals surface area contributed by atoms with Crippen molar-refractivity contribution < 1.29 is 23.4 Å². The van der Waals surface area contributed by atoms with Crippen LogP contribution in [0.25, 0.3) is 33.5 Å². The first-order valence-electron chi connectivity index (χ1n) is 12.7. The predicted molar refractivity (Wildman–Crippen MR) is 154 cm³/mol. The molecule has 1 atom stereocenters. The van der Waals surface area contributed by atoms with Crippen LogP contribution in [0.3, 0.4) is 0 Å². The monoisotopic (exact) mass is 559 g/mol. The summed E-state index contributed by atoms with van der Waals surface area (Å²) >= 11 is 6.54. The van der Waals surface area contributed by atoms with Gasteiger partial charge in [0.15, 0.2) is 23.4 Å². The summed E-state index contributed by atoms with van der Waals surface area (Å²) in [5.41, 5.74) is 1.35. The molecule has 2 aromatic heterocycles. The summed E-state index contributed by atoms with van der Waals surface area (Å²) in [6.45, 7) is 5.65. The second-order valence-electron chi connectivity index (χ2n) is 8.74. The van der Waals surface area contributed by atoms with Crippen LogP contribution in [-0.4, -0.2) is 41.2 Å². The third kappa shape index (κ3) is 5.41. The van der Waals surface area contributed by atoms with Gasteiger partial charge in [-0.25, -0.2) is 9.78 Å². The van der Waals surface area contributed by atoms with Crippen LogP contribution < -0.4 is 15.0 Å². The lowest BCUT2D eigenvalue weighted by atomic mass is 10.2. The van der Waals surface area contributed by atoms with Gasteiger partial charge in [-0.2, -0.15) is 9.78 Å². The summed E-state index contributed by atoms with van der Waals surface area (Å²) in [5, 5.41) is 5.96. The summed E-state index contributed by atoms with van der Waals surface area (Å²) in [5.74, 6) is 0.636. The molecular formula is C30H26ClN3O6. The third-order valence-electron chi connectivity index (χ3n) is 5.97. The van der Waals surface area contributed by atoms with Gasteiger partial charge in [-0.15, -0.1) is 0 Å². The van der Waals surface area contributed by atoms with Crippen LogP contribution in [0.15, 0.2) is 81.0 Å². The Hall–Kier alpha value is -4.63. The van der Waals surface area contributed by atoms with Crippen molar-refractivity contribution in [2.45, 2.75) is 26.9 Å². The Balaban J connectivity index is 1.58. The fourth-order valence-electron chi connectivity index (χ4n) is 4.13. The second-order valence-corrected chi connectivity index (χ2v) is 9.14. The summed E-state index contributed by atoms with van der Waals surface area (Å²) < 4.78 is 23.8. The number of hydrogen-bond acceptors (Lipinski definition) is 8. The number of benzene rings is 3. The number of fused-ring (bicyclic) bond motifs is 2. The van der Waals surface area contributed by atoms with E-state index in [4.69, 9.17) is 35.2 Å². The van der Waals surface area contributed by atoms with Crippen LogP contribution in [-0.2, 0) is 9.53 Å². The van der Waals surface area contributed by atoms with Crippen molar-refractivity contribution in [3.05, 3.63) is 87.7 Å². The highest BCUT2D eigenvalue weighted by Gasteiger charge is 2.21. The molecule has 0 saturated heterocycles. The number of rotatable bonds is 9. The first kappa shape index (κ1) is 27.0. The first-order chi connectivity index (χ1) is 19.4. The number of esters is 1. The van der Waals surface area contributed by atoms with Gasteiger partial charge in [0, 0.05) is 5.39 Å². The van der Waals surface area contributed by atoms with Gasteiger partial charge >= 0.3 is 5.97 Å². The van der Waals surface area contributed by atoms with Gasteiger partial charge in [-0.1, -0.05) is 41.9 Å². The molecule has 0 spiro atoms. The largest absolute Gasteiger partial charge is 0.490 e. The van der Waals surface area contributed by atoms with Crippen LogP contribution in [0.4, 0.5) is 0 Å². The zero-order chi connectivity index (χ0) is 28.2. The highest BCUT2D eigenvalue weighted by molar-refractivity contribution is 6.32. The second kappa shape index (κ2) is 11.6. The molecule has 0 aliphatic rings. The van der Waals surface area contributed by atoms with E-state index in [-0.39, 0.29) is 28.8 Å². The van der Waals surface area contributed by atoms with E-state index in [9.17, 15) is 9.59 Å². The van der Waals surface area contributed by atoms with E-state index < -0.39 is 12.1 Å². The van der Waals surface area contributed by atoms with Crippen LogP contribution in [0, 0.1) is 0 Å². The van der Waals surface area contributed by atoms with Gasteiger partial charge in [-0.3, -0.25) is 4.79 Å². The highest BCUT2D eigenvalue weighted by atomic mass is 35.5. The summed E-state index contributed by atoms with van der Waals surface area (Å²) in [6.07, 6.45) is 0.571. The molecule has 0 aliphatic heterocycles. The average molecular weight is 560 g/mol. The highest BCUT2D eigenvalue weighted by Crippen LogP contribution is 2.37. The average Bonchev–Trinajstić information content (AvgIpc) is 3.39. The van der Waals surface area contributed by atoms with Crippen molar-refractivity contribution in [3.63, 3.8) is 0 Å². The Bertz CT molecular complexity index is 1760. The minimum absolute atomic E-state index is 0.199. The topological polar surface area (TPSA) is 105 Å². The summed E-state index contributed by atoms with van der Waals surface area (Å²) in [6, 6.07) is 19.6. The molecule has 5 aromatic rings. The number of aromatic nitrogens is 2. The molecule has 2 heterocycles. The standard InChI is InChI=1S/C30H26ClN3O6/c1-4-37-25-15-19(14-22(31)27(25)39-18(3)30(36)38-5-2)17-32-34-28(26-16-20-10-6-9-13-24(20)40-26)33-23-12-8-7-11-21(23)29(34)35/h6-18H,4-5H2,1-3H3/t18-/m0/s1. The Labute approximate surface area is 234 Å². The van der Waals surface area contributed by atoms with E-state index in [2.05, 4.69) is 5.10 Å². The molecule has 0 fully saturated rings. The molecule has 0 aliphatic carbocycles. The van der Waals surface area contributed by atoms with E-state index in [0.29, 0.717) is 40.2 Å². The van der Waals surface area contributed by atoms with E-state index in [1.165, 1.54) is 10.9 Å². The molecule has 3 aromatic carbocycles. The number of carbonyl (C=O) groups excluding carboxylic acids is 1. The van der Waals surface area contributed by atoms with Gasteiger partial charge in [0.25, 0.3) is 5.56 Å². The normalized spacial score (nSPS) is 12.2. The number of furan rings is 1. The van der Waals surface area contributed by atoms with E-state index in [1.54, 1.807) is 44.2 Å². The zero-order valence-corrected chi connectivity index (χ0v) is 22.8. The number of carbonyl (C=O) groups is 1. The molecule has 204 valence electrons. The molecule has 0 amide bonds. The number of hydrogen-bond donors (Lipinski definition) is 0. The number of para-hydroxylation sites is 2. The van der Waals surface area contributed by atoms with Crippen molar-refractivity contribution >= 4 is 45.7 Å². The quantitative estimate of drug-likeness (QED) is 0.159. The number of nitrogens with zero attached hydrogens (tertiary/aromatic N) is 3. The van der Waals surface area contributed by atoms with Crippen LogP contribution in [0.2, 0.25) is 5.02 Å². The van der Waals surface area contributed by atoms with Crippen molar-refractivity contribution in [2.75, 3.05) is 13.2 Å². The smallest absolute Gasteiger partial charge is 0.347 e. The maximum atomic E-state index is 13.5.